The molecule has 0 heterocycles. The molecule has 2 nitrogen and oxygen atoms in total. The van der Waals surface area contributed by atoms with Gasteiger partial charge in [0.2, 0.25) is 0 Å². The molecule has 0 atom stereocenters. The van der Waals surface area contributed by atoms with Crippen molar-refractivity contribution in [3.05, 3.63) is 48.0 Å². The minimum atomic E-state index is 0.559. The molecule has 0 spiro atoms. The first kappa shape index (κ1) is 16.9. The molecule has 0 bridgehead atoms. The molecule has 112 valence electrons. The second-order valence-electron chi connectivity index (χ2n) is 5.80. The molecule has 2 heteroatoms. The zero-order valence-corrected chi connectivity index (χ0v) is 13.4. The van der Waals surface area contributed by atoms with Crippen LogP contribution < -0.4 is 5.32 Å². The summed E-state index contributed by atoms with van der Waals surface area (Å²) in [4.78, 5) is 2.40. The quantitative estimate of drug-likeness (QED) is 0.518. The van der Waals surface area contributed by atoms with E-state index in [-0.39, 0.29) is 0 Å². The van der Waals surface area contributed by atoms with E-state index in [9.17, 15) is 0 Å². The molecule has 0 saturated carbocycles. The predicted molar refractivity (Wildman–Crippen MR) is 89.0 cm³/mol. The fourth-order valence-corrected chi connectivity index (χ4v) is 2.33. The molecule has 20 heavy (non-hydrogen) atoms. The maximum Gasteiger partial charge on any atom is 0.0233 e. The first-order valence-electron chi connectivity index (χ1n) is 7.73. The molecule has 0 unspecified atom stereocenters. The zero-order chi connectivity index (χ0) is 14.8. The second kappa shape index (κ2) is 9.73. The fourth-order valence-electron chi connectivity index (χ4n) is 2.33. The highest BCUT2D eigenvalue weighted by atomic mass is 15.1. The van der Waals surface area contributed by atoms with Crippen molar-refractivity contribution in [2.45, 2.75) is 45.7 Å². The monoisotopic (exact) mass is 274 g/mol. The molecule has 0 radical (unpaired) electrons. The van der Waals surface area contributed by atoms with E-state index in [1.807, 2.05) is 6.08 Å². The van der Waals surface area contributed by atoms with Gasteiger partial charge < -0.3 is 10.2 Å². The van der Waals surface area contributed by atoms with Crippen molar-refractivity contribution in [2.24, 2.45) is 0 Å². The Kier molecular flexibility index (Phi) is 8.24. The molecule has 1 aromatic carbocycles. The van der Waals surface area contributed by atoms with E-state index in [2.05, 4.69) is 62.0 Å². The molecule has 0 aliphatic rings. The number of allylic oxidation sites excluding steroid dienone is 1. The zero-order valence-electron chi connectivity index (χ0n) is 13.4. The number of unbranched alkanes of at least 4 members (excludes halogenated alkanes) is 1. The van der Waals surface area contributed by atoms with E-state index in [0.717, 1.165) is 32.5 Å². The lowest BCUT2D eigenvalue weighted by Crippen LogP contribution is -2.25. The molecule has 0 aliphatic heterocycles. The smallest absolute Gasteiger partial charge is 0.0233 e. The lowest BCUT2D eigenvalue weighted by Gasteiger charge is -2.19. The van der Waals surface area contributed by atoms with Gasteiger partial charge in [0.15, 0.2) is 0 Å². The van der Waals surface area contributed by atoms with Gasteiger partial charge >= 0.3 is 0 Å². The maximum atomic E-state index is 3.78. The Morgan fingerprint density at radius 1 is 1.25 bits per heavy atom. The Bertz CT molecular complexity index is 385. The van der Waals surface area contributed by atoms with Crippen molar-refractivity contribution in [2.75, 3.05) is 20.1 Å². The highest BCUT2D eigenvalue weighted by Crippen LogP contribution is 2.12. The summed E-state index contributed by atoms with van der Waals surface area (Å²) >= 11 is 0. The van der Waals surface area contributed by atoms with Gasteiger partial charge in [-0.3, -0.25) is 0 Å². The Labute approximate surface area is 124 Å². The van der Waals surface area contributed by atoms with E-state index < -0.39 is 0 Å². The van der Waals surface area contributed by atoms with Crippen LogP contribution in [0.25, 0.3) is 0 Å². The number of nitrogens with zero attached hydrogens (tertiary/aromatic N) is 1. The third-order valence-corrected chi connectivity index (χ3v) is 3.45. The van der Waals surface area contributed by atoms with Crippen molar-refractivity contribution in [3.63, 3.8) is 0 Å². The van der Waals surface area contributed by atoms with Gasteiger partial charge in [-0.1, -0.05) is 44.2 Å². The van der Waals surface area contributed by atoms with Crippen LogP contribution in [0.4, 0.5) is 0 Å². The maximum absolute atomic E-state index is 3.78. The standard InChI is InChI=1S/C18H30N2/c1-5-6-9-14-20(4)15-18-11-8-7-10-17(18)12-13-19-16(2)3/h5,7-8,10-11,16,19H,1,6,9,12-15H2,2-4H3. The molecule has 0 aliphatic carbocycles. The van der Waals surface area contributed by atoms with Crippen LogP contribution in [-0.2, 0) is 13.0 Å². The first-order chi connectivity index (χ1) is 9.63. The van der Waals surface area contributed by atoms with Gasteiger partial charge in [0.05, 0.1) is 0 Å². The largest absolute Gasteiger partial charge is 0.314 e. The van der Waals surface area contributed by atoms with E-state index >= 15 is 0 Å². The highest BCUT2D eigenvalue weighted by Gasteiger charge is 2.05. The van der Waals surface area contributed by atoms with Crippen molar-refractivity contribution in [1.29, 1.82) is 0 Å². The van der Waals surface area contributed by atoms with E-state index in [1.54, 1.807) is 0 Å². The van der Waals surface area contributed by atoms with Crippen molar-refractivity contribution in [3.8, 4) is 0 Å². The average Bonchev–Trinajstić information content (AvgIpc) is 2.40. The summed E-state index contributed by atoms with van der Waals surface area (Å²) in [6.07, 6.45) is 5.40. The molecule has 1 N–H and O–H groups in total. The molecule has 0 saturated heterocycles. The van der Waals surface area contributed by atoms with Crippen molar-refractivity contribution in [1.82, 2.24) is 10.2 Å². The van der Waals surface area contributed by atoms with Gasteiger partial charge in [-0.25, -0.2) is 0 Å². The van der Waals surface area contributed by atoms with Crippen LogP contribution >= 0.6 is 0 Å². The summed E-state index contributed by atoms with van der Waals surface area (Å²) < 4.78 is 0. The first-order valence-corrected chi connectivity index (χ1v) is 7.73. The van der Waals surface area contributed by atoms with Gasteiger partial charge in [-0.2, -0.15) is 0 Å². The fraction of sp³-hybridized carbons (Fsp3) is 0.556. The molecule has 1 rings (SSSR count). The van der Waals surface area contributed by atoms with Crippen LogP contribution in [0.1, 0.15) is 37.8 Å². The Morgan fingerprint density at radius 2 is 1.95 bits per heavy atom. The number of hydrogen-bond acceptors (Lipinski definition) is 2. The molecular formula is C18H30N2. The van der Waals surface area contributed by atoms with Crippen molar-refractivity contribution >= 4 is 0 Å². The van der Waals surface area contributed by atoms with Gasteiger partial charge in [0, 0.05) is 12.6 Å². The third-order valence-electron chi connectivity index (χ3n) is 3.45. The van der Waals surface area contributed by atoms with Crippen LogP contribution in [0.3, 0.4) is 0 Å². The predicted octanol–water partition coefficient (Wildman–Crippen LogP) is 3.63. The summed E-state index contributed by atoms with van der Waals surface area (Å²) in [6.45, 7) is 11.4. The summed E-state index contributed by atoms with van der Waals surface area (Å²) in [5.41, 5.74) is 2.93. The highest BCUT2D eigenvalue weighted by molar-refractivity contribution is 5.27. The van der Waals surface area contributed by atoms with E-state index in [4.69, 9.17) is 0 Å². The minimum absolute atomic E-state index is 0.559. The minimum Gasteiger partial charge on any atom is -0.314 e. The van der Waals surface area contributed by atoms with Crippen LogP contribution in [-0.4, -0.2) is 31.1 Å². The second-order valence-corrected chi connectivity index (χ2v) is 5.80. The van der Waals surface area contributed by atoms with E-state index in [0.29, 0.717) is 6.04 Å². The summed E-state index contributed by atoms with van der Waals surface area (Å²) in [5.74, 6) is 0. The summed E-state index contributed by atoms with van der Waals surface area (Å²) in [5, 5.41) is 3.49. The van der Waals surface area contributed by atoms with Crippen LogP contribution in [0.2, 0.25) is 0 Å². The summed E-state index contributed by atoms with van der Waals surface area (Å²) in [6, 6.07) is 9.37. The van der Waals surface area contributed by atoms with Gasteiger partial charge in [0.1, 0.15) is 0 Å². The SMILES string of the molecule is C=CCCCN(C)Cc1ccccc1CCNC(C)C. The van der Waals surface area contributed by atoms with Gasteiger partial charge in [-0.15, -0.1) is 6.58 Å². The Morgan fingerprint density at radius 3 is 2.60 bits per heavy atom. The Hall–Kier alpha value is -1.12. The van der Waals surface area contributed by atoms with Crippen molar-refractivity contribution < 1.29 is 0 Å². The van der Waals surface area contributed by atoms with Gasteiger partial charge in [0.25, 0.3) is 0 Å². The number of benzene rings is 1. The molecular weight excluding hydrogens is 244 g/mol. The van der Waals surface area contributed by atoms with E-state index in [1.165, 1.54) is 17.5 Å². The molecule has 0 aromatic heterocycles. The third kappa shape index (κ3) is 6.88. The molecule has 0 fully saturated rings. The lowest BCUT2D eigenvalue weighted by atomic mass is 10.0. The normalized spacial score (nSPS) is 11.2. The molecule has 0 amide bonds. The lowest BCUT2D eigenvalue weighted by molar-refractivity contribution is 0.322. The van der Waals surface area contributed by atoms with Crippen LogP contribution in [0, 0.1) is 0 Å². The molecule has 1 aromatic rings. The number of nitrogens with one attached hydrogen (secondary N) is 1. The summed E-state index contributed by atoms with van der Waals surface area (Å²) in [7, 11) is 2.20. The topological polar surface area (TPSA) is 15.3 Å². The number of hydrogen-bond donors (Lipinski definition) is 1. The van der Waals surface area contributed by atoms with Crippen LogP contribution in [0.5, 0.6) is 0 Å². The number of rotatable bonds is 10. The Balaban J connectivity index is 2.49. The average molecular weight is 274 g/mol. The van der Waals surface area contributed by atoms with Gasteiger partial charge in [-0.05, 0) is 50.5 Å². The van der Waals surface area contributed by atoms with Crippen LogP contribution in [0.15, 0.2) is 36.9 Å².